The molecule has 2 aromatic rings. The van der Waals surface area contributed by atoms with Gasteiger partial charge in [-0.25, -0.2) is 0 Å². The van der Waals surface area contributed by atoms with Crippen LogP contribution < -0.4 is 5.32 Å². The number of hydrogen-bond donors (Lipinski definition) is 1. The monoisotopic (exact) mass is 282 g/mol. The third kappa shape index (κ3) is 4.26. The van der Waals surface area contributed by atoms with Crippen LogP contribution in [0.5, 0.6) is 0 Å². The van der Waals surface area contributed by atoms with Gasteiger partial charge in [0.1, 0.15) is 0 Å². The molecule has 0 aliphatic rings. The predicted molar refractivity (Wildman–Crippen MR) is 85.0 cm³/mol. The van der Waals surface area contributed by atoms with Crippen molar-refractivity contribution in [3.8, 4) is 0 Å². The van der Waals surface area contributed by atoms with E-state index in [-0.39, 0.29) is 16.7 Å². The fourth-order valence-electron chi connectivity index (χ4n) is 2.09. The van der Waals surface area contributed by atoms with Crippen LogP contribution in [0, 0.1) is 10.1 Å². The van der Waals surface area contributed by atoms with E-state index >= 15 is 0 Å². The van der Waals surface area contributed by atoms with Crippen LogP contribution in [0.25, 0.3) is 6.08 Å². The van der Waals surface area contributed by atoms with Gasteiger partial charge in [0.2, 0.25) is 0 Å². The molecule has 0 saturated carbocycles. The molecule has 0 aliphatic heterocycles. The summed E-state index contributed by atoms with van der Waals surface area (Å²) < 4.78 is 0. The second-order valence-corrected chi connectivity index (χ2v) is 4.76. The number of benzene rings is 2. The first-order valence-corrected chi connectivity index (χ1v) is 6.87. The van der Waals surface area contributed by atoms with Gasteiger partial charge in [0, 0.05) is 18.7 Å². The summed E-state index contributed by atoms with van der Waals surface area (Å²) in [5, 5.41) is 14.3. The molecule has 108 valence electrons. The summed E-state index contributed by atoms with van der Waals surface area (Å²) >= 11 is 0. The highest BCUT2D eigenvalue weighted by Crippen LogP contribution is 2.18. The van der Waals surface area contributed by atoms with Crippen molar-refractivity contribution in [2.75, 3.05) is 6.54 Å². The molecule has 0 amide bonds. The van der Waals surface area contributed by atoms with Gasteiger partial charge < -0.3 is 5.32 Å². The van der Waals surface area contributed by atoms with Crippen LogP contribution in [0.2, 0.25) is 0 Å². The van der Waals surface area contributed by atoms with Gasteiger partial charge in [-0.15, -0.1) is 0 Å². The van der Waals surface area contributed by atoms with Crippen molar-refractivity contribution >= 4 is 11.8 Å². The van der Waals surface area contributed by atoms with E-state index in [9.17, 15) is 10.1 Å². The van der Waals surface area contributed by atoms with Crippen LogP contribution >= 0.6 is 0 Å². The van der Waals surface area contributed by atoms with Crippen molar-refractivity contribution < 1.29 is 4.92 Å². The number of hydrogen-bond acceptors (Lipinski definition) is 3. The van der Waals surface area contributed by atoms with Crippen molar-refractivity contribution in [3.05, 3.63) is 81.9 Å². The molecule has 4 heteroatoms. The molecule has 2 rings (SSSR count). The quantitative estimate of drug-likeness (QED) is 0.644. The van der Waals surface area contributed by atoms with Crippen molar-refractivity contribution in [3.63, 3.8) is 0 Å². The molecule has 0 spiro atoms. The van der Waals surface area contributed by atoms with Crippen molar-refractivity contribution in [2.24, 2.45) is 0 Å². The zero-order chi connectivity index (χ0) is 15.1. The number of nitrogens with one attached hydrogen (secondary N) is 1. The summed E-state index contributed by atoms with van der Waals surface area (Å²) in [6, 6.07) is 17.1. The summed E-state index contributed by atoms with van der Waals surface area (Å²) in [5.74, 6) is 0. The molecule has 0 aromatic heterocycles. The molecule has 1 unspecified atom stereocenters. The zero-order valence-corrected chi connectivity index (χ0v) is 11.9. The molecular weight excluding hydrogens is 264 g/mol. The summed E-state index contributed by atoms with van der Waals surface area (Å²) in [5.41, 5.74) is 1.97. The zero-order valence-electron chi connectivity index (χ0n) is 11.9. The number of rotatable bonds is 6. The molecule has 0 fully saturated rings. The summed E-state index contributed by atoms with van der Waals surface area (Å²) in [7, 11) is 0. The Balaban J connectivity index is 1.93. The molecule has 2 aromatic carbocycles. The van der Waals surface area contributed by atoms with Crippen LogP contribution in [0.15, 0.2) is 60.7 Å². The first-order valence-electron chi connectivity index (χ1n) is 6.87. The molecule has 1 N–H and O–H groups in total. The number of para-hydroxylation sites is 1. The highest BCUT2D eigenvalue weighted by atomic mass is 16.6. The van der Waals surface area contributed by atoms with Gasteiger partial charge in [0.05, 0.1) is 10.5 Å². The predicted octanol–water partition coefficient (Wildman–Crippen LogP) is 3.96. The average Bonchev–Trinajstić information content (AvgIpc) is 2.52. The average molecular weight is 282 g/mol. The summed E-state index contributed by atoms with van der Waals surface area (Å²) in [6.07, 6.45) is 3.69. The highest BCUT2D eigenvalue weighted by molar-refractivity contribution is 5.60. The fraction of sp³-hybridized carbons (Fsp3) is 0.176. The van der Waals surface area contributed by atoms with Crippen LogP contribution in [0.1, 0.15) is 24.1 Å². The topological polar surface area (TPSA) is 55.2 Å². The van der Waals surface area contributed by atoms with Crippen molar-refractivity contribution in [2.45, 2.75) is 13.0 Å². The van der Waals surface area contributed by atoms with Gasteiger partial charge in [0.15, 0.2) is 0 Å². The lowest BCUT2D eigenvalue weighted by atomic mass is 10.1. The minimum Gasteiger partial charge on any atom is -0.307 e. The van der Waals surface area contributed by atoms with Gasteiger partial charge in [-0.3, -0.25) is 10.1 Å². The van der Waals surface area contributed by atoms with Gasteiger partial charge in [-0.1, -0.05) is 54.6 Å². The number of nitrogens with zero attached hydrogens (tertiary/aromatic N) is 1. The van der Waals surface area contributed by atoms with Gasteiger partial charge >= 0.3 is 0 Å². The molecule has 1 atom stereocenters. The van der Waals surface area contributed by atoms with Crippen LogP contribution in [0.4, 0.5) is 5.69 Å². The molecule has 0 aliphatic carbocycles. The number of nitro groups is 1. The van der Waals surface area contributed by atoms with E-state index < -0.39 is 0 Å². The lowest BCUT2D eigenvalue weighted by Gasteiger charge is -2.12. The first-order chi connectivity index (χ1) is 10.2. The van der Waals surface area contributed by atoms with E-state index in [1.54, 1.807) is 24.3 Å². The largest absolute Gasteiger partial charge is 0.307 e. The molecule has 0 radical (unpaired) electrons. The third-order valence-corrected chi connectivity index (χ3v) is 3.27. The van der Waals surface area contributed by atoms with E-state index in [0.717, 1.165) is 0 Å². The Hall–Kier alpha value is -2.46. The maximum Gasteiger partial charge on any atom is 0.276 e. The van der Waals surface area contributed by atoms with E-state index in [1.165, 1.54) is 11.6 Å². The van der Waals surface area contributed by atoms with Crippen LogP contribution in [0.3, 0.4) is 0 Å². The van der Waals surface area contributed by atoms with Crippen molar-refractivity contribution in [1.82, 2.24) is 5.32 Å². The molecule has 21 heavy (non-hydrogen) atoms. The van der Waals surface area contributed by atoms with E-state index in [2.05, 4.69) is 24.4 Å². The maximum absolute atomic E-state index is 10.9. The molecule has 4 nitrogen and oxygen atoms in total. The Morgan fingerprint density at radius 2 is 1.81 bits per heavy atom. The smallest absolute Gasteiger partial charge is 0.276 e. The minimum absolute atomic E-state index is 0.129. The van der Waals surface area contributed by atoms with E-state index in [1.807, 2.05) is 24.3 Å². The Morgan fingerprint density at radius 3 is 2.52 bits per heavy atom. The minimum atomic E-state index is -0.361. The Morgan fingerprint density at radius 1 is 1.14 bits per heavy atom. The summed E-state index contributed by atoms with van der Waals surface area (Å²) in [6.45, 7) is 2.75. The SMILES string of the molecule is CC(NC/C=C/c1ccccc1[N+](=O)[O-])c1ccccc1. The standard InChI is InChI=1S/C17H18N2O2/c1-14(15-8-3-2-4-9-15)18-13-7-11-16-10-5-6-12-17(16)19(20)21/h2-12,14,18H,13H2,1H3/b11-7+. The Kier molecular flexibility index (Phi) is 5.23. The normalized spacial score (nSPS) is 12.4. The Labute approximate surface area is 124 Å². The lowest BCUT2D eigenvalue weighted by Crippen LogP contribution is -2.18. The molecule has 0 saturated heterocycles. The van der Waals surface area contributed by atoms with Gasteiger partial charge in [-0.2, -0.15) is 0 Å². The van der Waals surface area contributed by atoms with Gasteiger partial charge in [-0.05, 0) is 18.6 Å². The second kappa shape index (κ2) is 7.36. The fourth-order valence-corrected chi connectivity index (χ4v) is 2.09. The summed E-state index contributed by atoms with van der Waals surface area (Å²) in [4.78, 5) is 10.5. The lowest BCUT2D eigenvalue weighted by molar-refractivity contribution is -0.385. The maximum atomic E-state index is 10.9. The van der Waals surface area contributed by atoms with Gasteiger partial charge in [0.25, 0.3) is 5.69 Å². The molecular formula is C17H18N2O2. The van der Waals surface area contributed by atoms with E-state index in [4.69, 9.17) is 0 Å². The Bertz CT molecular complexity index is 624. The highest BCUT2D eigenvalue weighted by Gasteiger charge is 2.09. The molecule has 0 heterocycles. The number of nitro benzene ring substituents is 1. The second-order valence-electron chi connectivity index (χ2n) is 4.76. The van der Waals surface area contributed by atoms with Crippen LogP contribution in [-0.2, 0) is 0 Å². The van der Waals surface area contributed by atoms with E-state index in [0.29, 0.717) is 12.1 Å². The van der Waals surface area contributed by atoms with Crippen molar-refractivity contribution in [1.29, 1.82) is 0 Å². The van der Waals surface area contributed by atoms with Crippen LogP contribution in [-0.4, -0.2) is 11.5 Å². The third-order valence-electron chi connectivity index (χ3n) is 3.27. The first kappa shape index (κ1) is 14.9. The molecule has 0 bridgehead atoms.